The van der Waals surface area contributed by atoms with Crippen LogP contribution in [-0.4, -0.2) is 69.9 Å². The summed E-state index contributed by atoms with van der Waals surface area (Å²) in [7, 11) is -1.15. The molecule has 0 aromatic carbocycles. The van der Waals surface area contributed by atoms with Crippen molar-refractivity contribution in [2.24, 2.45) is 0 Å². The van der Waals surface area contributed by atoms with E-state index in [0.29, 0.717) is 0 Å². The third kappa shape index (κ3) is 4.47. The zero-order chi connectivity index (χ0) is 13.0. The summed E-state index contributed by atoms with van der Waals surface area (Å²) in [5.74, 6) is 0.194. The highest BCUT2D eigenvalue weighted by atomic mass is 32.2. The summed E-state index contributed by atoms with van der Waals surface area (Å²) < 4.78 is 24.1. The number of piperidine rings is 1. The molecule has 2 rings (SSSR count). The van der Waals surface area contributed by atoms with Crippen LogP contribution < -0.4 is 10.1 Å². The number of rotatable bonds is 4. The molecule has 7 heteroatoms. The van der Waals surface area contributed by atoms with Gasteiger partial charge in [-0.15, -0.1) is 4.83 Å². The predicted molar refractivity (Wildman–Crippen MR) is 71.6 cm³/mol. The van der Waals surface area contributed by atoms with E-state index < -0.39 is 10.0 Å². The van der Waals surface area contributed by atoms with Crippen LogP contribution in [0.25, 0.3) is 0 Å². The van der Waals surface area contributed by atoms with Crippen LogP contribution in [0.2, 0.25) is 0 Å². The van der Waals surface area contributed by atoms with Gasteiger partial charge in [-0.2, -0.15) is 0 Å². The highest BCUT2D eigenvalue weighted by Crippen LogP contribution is 2.09. The van der Waals surface area contributed by atoms with Gasteiger partial charge in [0, 0.05) is 32.2 Å². The molecule has 0 saturated carbocycles. The van der Waals surface area contributed by atoms with Gasteiger partial charge >= 0.3 is 0 Å². The molecule has 0 bridgehead atoms. The maximum absolute atomic E-state index is 12.0. The van der Waals surface area contributed by atoms with Crippen LogP contribution >= 0.6 is 0 Å². The highest BCUT2D eigenvalue weighted by molar-refractivity contribution is 7.89. The number of nitrogens with one attached hydrogen (secondary N) is 2. The van der Waals surface area contributed by atoms with E-state index in [2.05, 4.69) is 22.1 Å². The van der Waals surface area contributed by atoms with Crippen LogP contribution in [0.1, 0.15) is 19.3 Å². The molecule has 0 spiro atoms. The second kappa shape index (κ2) is 6.29. The first-order chi connectivity index (χ1) is 8.55. The minimum atomic E-state index is -3.20. The van der Waals surface area contributed by atoms with Gasteiger partial charge in [0.15, 0.2) is 0 Å². The molecule has 2 aliphatic rings. The molecule has 2 saturated heterocycles. The Bertz CT molecular complexity index is 346. The first-order valence-electron chi connectivity index (χ1n) is 6.72. The second-order valence-electron chi connectivity index (χ2n) is 5.31. The summed E-state index contributed by atoms with van der Waals surface area (Å²) in [4.78, 5) is 4.90. The van der Waals surface area contributed by atoms with Crippen molar-refractivity contribution < 1.29 is 8.42 Å². The molecule has 2 N–H and O–H groups in total. The fourth-order valence-corrected chi connectivity index (χ4v) is 3.93. The number of likely N-dealkylation sites (N-methyl/N-ethyl adjacent to an activating group) is 1. The molecule has 2 fully saturated rings. The Hall–Kier alpha value is -0.210. The van der Waals surface area contributed by atoms with Crippen molar-refractivity contribution in [2.75, 3.05) is 45.5 Å². The van der Waals surface area contributed by atoms with Gasteiger partial charge in [-0.3, -0.25) is 0 Å². The number of nitrogens with zero attached hydrogens (tertiary/aromatic N) is 2. The standard InChI is InChI=1S/C11H24N4O2S/c1-14-6-8-15(9-7-14)13-18(16,17)10-11-4-2-3-5-12-11/h11-13H,2-10H2,1H3. The molecule has 6 nitrogen and oxygen atoms in total. The van der Waals surface area contributed by atoms with Crippen molar-refractivity contribution in [3.63, 3.8) is 0 Å². The first kappa shape index (κ1) is 14.2. The number of piperazine rings is 1. The predicted octanol–water partition coefficient (Wildman–Crippen LogP) is -0.790. The van der Waals surface area contributed by atoms with E-state index in [0.717, 1.165) is 52.0 Å². The highest BCUT2D eigenvalue weighted by Gasteiger charge is 2.24. The molecular weight excluding hydrogens is 252 g/mol. The number of sulfonamides is 1. The SMILES string of the molecule is CN1CCN(NS(=O)(=O)CC2CCCCN2)CC1. The number of hydrazine groups is 1. The molecule has 106 valence electrons. The molecular formula is C11H24N4O2S. The minimum Gasteiger partial charge on any atom is -0.313 e. The van der Waals surface area contributed by atoms with Crippen molar-refractivity contribution in [1.82, 2.24) is 20.1 Å². The largest absolute Gasteiger partial charge is 0.313 e. The smallest absolute Gasteiger partial charge is 0.226 e. The first-order valence-corrected chi connectivity index (χ1v) is 8.37. The lowest BCUT2D eigenvalue weighted by Gasteiger charge is -2.32. The summed E-state index contributed by atoms with van der Waals surface area (Å²) in [5, 5.41) is 5.09. The molecule has 1 unspecified atom stereocenters. The van der Waals surface area contributed by atoms with E-state index >= 15 is 0 Å². The Labute approximate surface area is 110 Å². The van der Waals surface area contributed by atoms with E-state index in [1.54, 1.807) is 0 Å². The molecule has 1 atom stereocenters. The minimum absolute atomic E-state index is 0.115. The summed E-state index contributed by atoms with van der Waals surface area (Å²) >= 11 is 0. The van der Waals surface area contributed by atoms with Crippen LogP contribution in [-0.2, 0) is 10.0 Å². The van der Waals surface area contributed by atoms with Crippen LogP contribution in [0, 0.1) is 0 Å². The van der Waals surface area contributed by atoms with Gasteiger partial charge < -0.3 is 10.2 Å². The van der Waals surface area contributed by atoms with Crippen LogP contribution in [0.4, 0.5) is 0 Å². The summed E-state index contributed by atoms with van der Waals surface area (Å²) in [6, 6.07) is 0.115. The lowest BCUT2D eigenvalue weighted by Crippen LogP contribution is -2.54. The van der Waals surface area contributed by atoms with Gasteiger partial charge in [-0.1, -0.05) is 6.42 Å². The molecule has 0 amide bonds. The molecule has 0 aromatic rings. The monoisotopic (exact) mass is 276 g/mol. The molecule has 18 heavy (non-hydrogen) atoms. The Morgan fingerprint density at radius 2 is 1.94 bits per heavy atom. The normalized spacial score (nSPS) is 28.4. The average molecular weight is 276 g/mol. The van der Waals surface area contributed by atoms with E-state index in [9.17, 15) is 8.42 Å². The van der Waals surface area contributed by atoms with Crippen molar-refractivity contribution in [2.45, 2.75) is 25.3 Å². The van der Waals surface area contributed by atoms with Crippen molar-refractivity contribution in [3.8, 4) is 0 Å². The lowest BCUT2D eigenvalue weighted by molar-refractivity contribution is 0.134. The van der Waals surface area contributed by atoms with Crippen molar-refractivity contribution >= 4 is 10.0 Å². The topological polar surface area (TPSA) is 64.7 Å². The Balaban J connectivity index is 1.79. The zero-order valence-electron chi connectivity index (χ0n) is 11.1. The molecule has 2 aliphatic heterocycles. The van der Waals surface area contributed by atoms with Crippen molar-refractivity contribution in [3.05, 3.63) is 0 Å². The number of hydrogen-bond donors (Lipinski definition) is 2. The Kier molecular flexibility index (Phi) is 4.97. The Morgan fingerprint density at radius 3 is 2.56 bits per heavy atom. The molecule has 0 aromatic heterocycles. The van der Waals surface area contributed by atoms with Gasteiger partial charge in [0.05, 0.1) is 5.75 Å². The van der Waals surface area contributed by atoms with Gasteiger partial charge in [-0.25, -0.2) is 13.4 Å². The van der Waals surface area contributed by atoms with E-state index in [4.69, 9.17) is 0 Å². The van der Waals surface area contributed by atoms with Crippen LogP contribution in [0.15, 0.2) is 0 Å². The van der Waals surface area contributed by atoms with E-state index in [-0.39, 0.29) is 11.8 Å². The molecule has 0 radical (unpaired) electrons. The Morgan fingerprint density at radius 1 is 1.22 bits per heavy atom. The fourth-order valence-electron chi connectivity index (χ4n) is 2.46. The van der Waals surface area contributed by atoms with Crippen LogP contribution in [0.3, 0.4) is 0 Å². The molecule has 0 aliphatic carbocycles. The summed E-state index contributed by atoms with van der Waals surface area (Å²) in [6.45, 7) is 4.27. The van der Waals surface area contributed by atoms with Crippen LogP contribution in [0.5, 0.6) is 0 Å². The average Bonchev–Trinajstić information content (AvgIpc) is 2.32. The third-order valence-electron chi connectivity index (χ3n) is 3.60. The van der Waals surface area contributed by atoms with Gasteiger partial charge in [-0.05, 0) is 26.4 Å². The van der Waals surface area contributed by atoms with Gasteiger partial charge in [0.25, 0.3) is 0 Å². The van der Waals surface area contributed by atoms with E-state index in [1.165, 1.54) is 0 Å². The second-order valence-corrected chi connectivity index (χ2v) is 7.06. The summed E-state index contributed by atoms with van der Waals surface area (Å²) in [6.07, 6.45) is 3.24. The van der Waals surface area contributed by atoms with Gasteiger partial charge in [0.1, 0.15) is 0 Å². The maximum Gasteiger partial charge on any atom is 0.226 e. The number of hydrogen-bond acceptors (Lipinski definition) is 5. The quantitative estimate of drug-likeness (QED) is 0.704. The van der Waals surface area contributed by atoms with Gasteiger partial charge in [0.2, 0.25) is 10.0 Å². The summed E-state index contributed by atoms with van der Waals surface area (Å²) in [5.41, 5.74) is 0. The third-order valence-corrected chi connectivity index (χ3v) is 4.98. The van der Waals surface area contributed by atoms with E-state index in [1.807, 2.05) is 5.01 Å². The molecule has 2 heterocycles. The maximum atomic E-state index is 12.0. The zero-order valence-corrected chi connectivity index (χ0v) is 11.9. The van der Waals surface area contributed by atoms with Crippen molar-refractivity contribution in [1.29, 1.82) is 0 Å². The lowest BCUT2D eigenvalue weighted by atomic mass is 10.1. The fraction of sp³-hybridized carbons (Fsp3) is 1.00.